The quantitative estimate of drug-likeness (QED) is 0.662. The van der Waals surface area contributed by atoms with Gasteiger partial charge in [-0.15, -0.1) is 0 Å². The van der Waals surface area contributed by atoms with Crippen LogP contribution in [-0.4, -0.2) is 37.5 Å². The van der Waals surface area contributed by atoms with Crippen molar-refractivity contribution in [2.75, 3.05) is 6.54 Å². The van der Waals surface area contributed by atoms with E-state index in [1.165, 1.54) is 12.1 Å². The Labute approximate surface area is 157 Å². The lowest BCUT2D eigenvalue weighted by Gasteiger charge is -2.22. The van der Waals surface area contributed by atoms with Crippen molar-refractivity contribution >= 4 is 5.91 Å². The predicted octanol–water partition coefficient (Wildman–Crippen LogP) is 3.38. The second-order valence-corrected chi connectivity index (χ2v) is 6.32. The molecule has 1 aromatic carbocycles. The van der Waals surface area contributed by atoms with Gasteiger partial charge in [0.15, 0.2) is 5.82 Å². The summed E-state index contributed by atoms with van der Waals surface area (Å²) >= 11 is 0. The van der Waals surface area contributed by atoms with Crippen LogP contribution < -0.4 is 0 Å². The van der Waals surface area contributed by atoms with Crippen molar-refractivity contribution in [1.82, 2.24) is 25.1 Å². The number of H-pyrrole nitrogens is 1. The summed E-state index contributed by atoms with van der Waals surface area (Å²) in [5, 5.41) is 7.00. The number of nitrogens with zero attached hydrogens (tertiary/aromatic N) is 4. The van der Waals surface area contributed by atoms with Gasteiger partial charge in [0.1, 0.15) is 11.6 Å². The Bertz CT molecular complexity index is 864. The van der Waals surface area contributed by atoms with Crippen LogP contribution in [0.25, 0.3) is 11.4 Å². The molecule has 0 atom stereocenters. The maximum atomic E-state index is 13.1. The molecule has 140 valence electrons. The molecule has 0 aliphatic carbocycles. The van der Waals surface area contributed by atoms with Crippen LogP contribution in [0.15, 0.2) is 48.8 Å². The molecule has 2 heterocycles. The Morgan fingerprint density at radius 1 is 1.22 bits per heavy atom. The fourth-order valence-electron chi connectivity index (χ4n) is 2.70. The largest absolute Gasteiger partial charge is 0.338 e. The van der Waals surface area contributed by atoms with Gasteiger partial charge >= 0.3 is 0 Å². The SMILES string of the molecule is CCCCN(Cc1ccc(F)cc1)C(=O)Cc1nc(-c2cccnc2)n[nH]1. The summed E-state index contributed by atoms with van der Waals surface area (Å²) in [6, 6.07) is 9.91. The highest BCUT2D eigenvalue weighted by Gasteiger charge is 2.17. The summed E-state index contributed by atoms with van der Waals surface area (Å²) in [5.74, 6) is 0.709. The minimum Gasteiger partial charge on any atom is -0.338 e. The molecule has 1 N–H and O–H groups in total. The highest BCUT2D eigenvalue weighted by molar-refractivity contribution is 5.78. The minimum atomic E-state index is -0.283. The van der Waals surface area contributed by atoms with Crippen LogP contribution in [0.1, 0.15) is 31.2 Å². The van der Waals surface area contributed by atoms with E-state index >= 15 is 0 Å². The number of carbonyl (C=O) groups excluding carboxylic acids is 1. The Kier molecular flexibility index (Phi) is 6.25. The van der Waals surface area contributed by atoms with Gasteiger partial charge in [0, 0.05) is 31.0 Å². The van der Waals surface area contributed by atoms with Crippen LogP contribution in [0, 0.1) is 5.82 Å². The fourth-order valence-corrected chi connectivity index (χ4v) is 2.70. The number of nitrogens with one attached hydrogen (secondary N) is 1. The van der Waals surface area contributed by atoms with Crippen LogP contribution >= 0.6 is 0 Å². The average Bonchev–Trinajstić information content (AvgIpc) is 3.15. The topological polar surface area (TPSA) is 74.8 Å². The molecule has 0 radical (unpaired) electrons. The molecule has 0 aliphatic heterocycles. The second kappa shape index (κ2) is 9.02. The number of halogens is 1. The van der Waals surface area contributed by atoms with Gasteiger partial charge in [0.25, 0.3) is 0 Å². The van der Waals surface area contributed by atoms with Crippen molar-refractivity contribution in [3.05, 3.63) is 66.0 Å². The zero-order valence-electron chi connectivity index (χ0n) is 15.2. The number of unbranched alkanes of at least 4 members (excludes halogenated alkanes) is 1. The lowest BCUT2D eigenvalue weighted by atomic mass is 10.2. The third kappa shape index (κ3) is 5.20. The van der Waals surface area contributed by atoms with Crippen molar-refractivity contribution in [3.8, 4) is 11.4 Å². The highest BCUT2D eigenvalue weighted by Crippen LogP contribution is 2.14. The van der Waals surface area contributed by atoms with E-state index in [4.69, 9.17) is 0 Å². The first kappa shape index (κ1) is 18.7. The van der Waals surface area contributed by atoms with Crippen molar-refractivity contribution < 1.29 is 9.18 Å². The van der Waals surface area contributed by atoms with E-state index in [1.807, 2.05) is 12.1 Å². The number of aromatic nitrogens is 4. The number of rotatable bonds is 8. The molecule has 1 amide bonds. The Morgan fingerprint density at radius 3 is 2.74 bits per heavy atom. The van der Waals surface area contributed by atoms with Crippen molar-refractivity contribution in [1.29, 1.82) is 0 Å². The van der Waals surface area contributed by atoms with Gasteiger partial charge in [-0.2, -0.15) is 5.10 Å². The first-order valence-electron chi connectivity index (χ1n) is 8.99. The van der Waals surface area contributed by atoms with Gasteiger partial charge < -0.3 is 4.90 Å². The van der Waals surface area contributed by atoms with Crippen LogP contribution in [-0.2, 0) is 17.8 Å². The summed E-state index contributed by atoms with van der Waals surface area (Å²) in [5.41, 5.74) is 1.69. The second-order valence-electron chi connectivity index (χ2n) is 6.32. The van der Waals surface area contributed by atoms with E-state index in [0.717, 1.165) is 24.0 Å². The van der Waals surface area contributed by atoms with Crippen LogP contribution in [0.5, 0.6) is 0 Å². The van der Waals surface area contributed by atoms with Crippen LogP contribution in [0.2, 0.25) is 0 Å². The molecule has 0 unspecified atom stereocenters. The van der Waals surface area contributed by atoms with Crippen molar-refractivity contribution in [2.24, 2.45) is 0 Å². The minimum absolute atomic E-state index is 0.0401. The van der Waals surface area contributed by atoms with E-state index in [1.54, 1.807) is 29.4 Å². The van der Waals surface area contributed by atoms with Gasteiger partial charge in [0.2, 0.25) is 5.91 Å². The number of hydrogen-bond donors (Lipinski definition) is 1. The van der Waals surface area contributed by atoms with Crippen molar-refractivity contribution in [3.63, 3.8) is 0 Å². The molecule has 0 saturated heterocycles. The van der Waals surface area contributed by atoms with E-state index in [0.29, 0.717) is 24.7 Å². The smallest absolute Gasteiger partial charge is 0.230 e. The molecule has 7 heteroatoms. The molecule has 27 heavy (non-hydrogen) atoms. The standard InChI is InChI=1S/C20H22FN5O/c1-2-3-11-26(14-15-6-8-17(21)9-7-15)19(27)12-18-23-20(25-24-18)16-5-4-10-22-13-16/h4-10,13H,2-3,11-12,14H2,1H3,(H,23,24,25). The molecule has 0 spiro atoms. The van der Waals surface area contributed by atoms with E-state index < -0.39 is 0 Å². The summed E-state index contributed by atoms with van der Waals surface area (Å²) in [4.78, 5) is 23.0. The first-order valence-corrected chi connectivity index (χ1v) is 8.99. The zero-order valence-corrected chi connectivity index (χ0v) is 15.2. The van der Waals surface area contributed by atoms with Gasteiger partial charge in [-0.25, -0.2) is 9.37 Å². The summed E-state index contributed by atoms with van der Waals surface area (Å²) in [6.45, 7) is 3.18. The van der Waals surface area contributed by atoms with Gasteiger partial charge in [0.05, 0.1) is 6.42 Å². The molecule has 0 fully saturated rings. The predicted molar refractivity (Wildman–Crippen MR) is 100 cm³/mol. The maximum Gasteiger partial charge on any atom is 0.230 e. The third-order valence-electron chi connectivity index (χ3n) is 4.19. The number of amides is 1. The molecule has 0 aliphatic rings. The van der Waals surface area contributed by atoms with E-state index in [2.05, 4.69) is 27.1 Å². The van der Waals surface area contributed by atoms with E-state index in [-0.39, 0.29) is 18.1 Å². The number of benzene rings is 1. The number of aromatic amines is 1. The monoisotopic (exact) mass is 367 g/mol. The van der Waals surface area contributed by atoms with Crippen molar-refractivity contribution in [2.45, 2.75) is 32.7 Å². The molecule has 0 saturated carbocycles. The molecule has 2 aromatic heterocycles. The first-order chi connectivity index (χ1) is 13.2. The normalized spacial score (nSPS) is 10.7. The Hall–Kier alpha value is -3.09. The lowest BCUT2D eigenvalue weighted by Crippen LogP contribution is -2.33. The molecular formula is C20H22FN5O. The third-order valence-corrected chi connectivity index (χ3v) is 4.19. The summed E-state index contributed by atoms with van der Waals surface area (Å²) < 4.78 is 13.1. The molecule has 0 bridgehead atoms. The Balaban J connectivity index is 1.68. The highest BCUT2D eigenvalue weighted by atomic mass is 19.1. The summed E-state index contributed by atoms with van der Waals surface area (Å²) in [6.07, 6.45) is 5.39. The summed E-state index contributed by atoms with van der Waals surface area (Å²) in [7, 11) is 0. The van der Waals surface area contributed by atoms with Crippen LogP contribution in [0.3, 0.4) is 0 Å². The lowest BCUT2D eigenvalue weighted by molar-refractivity contribution is -0.131. The van der Waals surface area contributed by atoms with Gasteiger partial charge in [-0.1, -0.05) is 25.5 Å². The molecule has 3 rings (SSSR count). The number of carbonyl (C=O) groups is 1. The van der Waals surface area contributed by atoms with E-state index in [9.17, 15) is 9.18 Å². The average molecular weight is 367 g/mol. The Morgan fingerprint density at radius 2 is 2.04 bits per heavy atom. The molecule has 6 nitrogen and oxygen atoms in total. The van der Waals surface area contributed by atoms with Gasteiger partial charge in [-0.05, 0) is 36.2 Å². The van der Waals surface area contributed by atoms with Gasteiger partial charge in [-0.3, -0.25) is 14.9 Å². The molecule has 3 aromatic rings. The zero-order chi connectivity index (χ0) is 19.1. The fraction of sp³-hybridized carbons (Fsp3) is 0.300. The molecular weight excluding hydrogens is 345 g/mol. The van der Waals surface area contributed by atoms with Crippen LogP contribution in [0.4, 0.5) is 4.39 Å². The number of pyridine rings is 1. The number of hydrogen-bond acceptors (Lipinski definition) is 4. The maximum absolute atomic E-state index is 13.1.